The molecule has 272 valence electrons. The van der Waals surface area contributed by atoms with Gasteiger partial charge >= 0.3 is 30.4 Å². The van der Waals surface area contributed by atoms with Crippen molar-refractivity contribution in [2.24, 2.45) is 11.8 Å². The van der Waals surface area contributed by atoms with E-state index in [1.165, 1.54) is 38.1 Å². The number of benzene rings is 1. The molecule has 49 heavy (non-hydrogen) atoms. The standard InChI is InChI=1S/C34H42F7N3O5/c1-19-14-25(35)9-10-26(19)28-15-21(8-11-27(29(45)48-7)42-30(46)49-32(3,4)5)12-13-44(28)31(47)43(6)20(2)22-16-23(33(36,37)38)18-24(17-22)34(39,40)41/h8-10,14,16-20,26-28H,11-13,15H2,1-7H3,(H,42,46)/b21-8+/t19?,20-,26?,27-,28-/m1/s1. The molecule has 1 fully saturated rings. The van der Waals surface area contributed by atoms with Crippen molar-refractivity contribution in [3.05, 3.63) is 70.6 Å². The van der Waals surface area contributed by atoms with Crippen LogP contribution in [0.4, 0.5) is 40.3 Å². The Bertz CT molecular complexity index is 1450. The zero-order valence-corrected chi connectivity index (χ0v) is 28.3. The van der Waals surface area contributed by atoms with Gasteiger partial charge in [-0.25, -0.2) is 18.8 Å². The second kappa shape index (κ2) is 15.2. The van der Waals surface area contributed by atoms with E-state index in [1.807, 2.05) is 0 Å². The molecule has 0 bridgehead atoms. The molecular weight excluding hydrogens is 663 g/mol. The largest absolute Gasteiger partial charge is 0.467 e. The van der Waals surface area contributed by atoms with Crippen LogP contribution in [0.5, 0.6) is 0 Å². The van der Waals surface area contributed by atoms with Crippen LogP contribution in [-0.4, -0.2) is 66.3 Å². The first-order valence-electron chi connectivity index (χ1n) is 15.7. The fraction of sp³-hybridized carbons (Fsp3) is 0.559. The Hall–Kier alpha value is -4.04. The van der Waals surface area contributed by atoms with Crippen molar-refractivity contribution >= 4 is 18.1 Å². The highest BCUT2D eigenvalue weighted by atomic mass is 19.4. The van der Waals surface area contributed by atoms with Crippen LogP contribution in [0, 0.1) is 11.8 Å². The van der Waals surface area contributed by atoms with E-state index in [0.29, 0.717) is 18.6 Å². The summed E-state index contributed by atoms with van der Waals surface area (Å²) < 4.78 is 106. The molecule has 1 N–H and O–H groups in total. The molecule has 1 heterocycles. The molecule has 1 saturated heterocycles. The molecule has 3 amide bonds. The van der Waals surface area contributed by atoms with Crippen molar-refractivity contribution in [1.29, 1.82) is 0 Å². The maximum Gasteiger partial charge on any atom is 0.416 e. The Morgan fingerprint density at radius 3 is 2.16 bits per heavy atom. The van der Waals surface area contributed by atoms with Crippen LogP contribution in [0.15, 0.2) is 53.9 Å². The average molecular weight is 706 g/mol. The number of halogens is 7. The van der Waals surface area contributed by atoms with E-state index in [2.05, 4.69) is 5.32 Å². The molecule has 15 heteroatoms. The summed E-state index contributed by atoms with van der Waals surface area (Å²) in [5.74, 6) is -1.95. The molecule has 0 radical (unpaired) electrons. The summed E-state index contributed by atoms with van der Waals surface area (Å²) in [5.41, 5.74) is -3.34. The molecular formula is C34H42F7N3O5. The summed E-state index contributed by atoms with van der Waals surface area (Å²) >= 11 is 0. The molecule has 2 aliphatic rings. The molecule has 0 aromatic heterocycles. The lowest BCUT2D eigenvalue weighted by atomic mass is 9.78. The monoisotopic (exact) mass is 705 g/mol. The lowest BCUT2D eigenvalue weighted by molar-refractivity contribution is -0.144. The van der Waals surface area contributed by atoms with Crippen molar-refractivity contribution in [3.8, 4) is 0 Å². The van der Waals surface area contributed by atoms with Gasteiger partial charge in [-0.3, -0.25) is 0 Å². The van der Waals surface area contributed by atoms with Crippen LogP contribution in [-0.2, 0) is 26.6 Å². The maximum absolute atomic E-state index is 14.1. The van der Waals surface area contributed by atoms with Crippen LogP contribution in [0.1, 0.15) is 76.6 Å². The number of carbonyl (C=O) groups is 3. The lowest BCUT2D eigenvalue weighted by Crippen LogP contribution is -2.53. The smallest absolute Gasteiger partial charge is 0.416 e. The number of rotatable bonds is 7. The van der Waals surface area contributed by atoms with Crippen LogP contribution in [0.3, 0.4) is 0 Å². The third-order valence-electron chi connectivity index (χ3n) is 8.54. The van der Waals surface area contributed by atoms with Gasteiger partial charge < -0.3 is 24.6 Å². The minimum atomic E-state index is -5.06. The Balaban J connectivity index is 1.91. The number of hydrogen-bond donors (Lipinski definition) is 1. The van der Waals surface area contributed by atoms with Gasteiger partial charge in [0.2, 0.25) is 0 Å². The highest BCUT2D eigenvalue weighted by Gasteiger charge is 2.41. The number of hydrogen-bond acceptors (Lipinski definition) is 5. The number of piperidine rings is 1. The number of nitrogens with zero attached hydrogens (tertiary/aromatic N) is 2. The zero-order chi connectivity index (χ0) is 37.1. The number of alkyl carbamates (subject to hydrolysis) is 1. The second-order valence-electron chi connectivity index (χ2n) is 13.3. The topological polar surface area (TPSA) is 88.2 Å². The highest BCUT2D eigenvalue weighted by molar-refractivity contribution is 5.81. The summed E-state index contributed by atoms with van der Waals surface area (Å²) in [6, 6.07) is -2.29. The fourth-order valence-corrected chi connectivity index (χ4v) is 5.86. The molecule has 0 spiro atoms. The minimum absolute atomic E-state index is 0.0283. The van der Waals surface area contributed by atoms with Gasteiger partial charge in [0, 0.05) is 25.6 Å². The number of ether oxygens (including phenoxy) is 2. The molecule has 2 unspecified atom stereocenters. The van der Waals surface area contributed by atoms with E-state index >= 15 is 0 Å². The van der Waals surface area contributed by atoms with Gasteiger partial charge in [-0.15, -0.1) is 0 Å². The first kappa shape index (κ1) is 39.4. The number of nitrogens with one attached hydrogen (secondary N) is 1. The number of methoxy groups -OCH3 is 1. The molecule has 1 aliphatic carbocycles. The molecule has 1 aliphatic heterocycles. The predicted octanol–water partition coefficient (Wildman–Crippen LogP) is 8.36. The van der Waals surface area contributed by atoms with Gasteiger partial charge in [0.25, 0.3) is 0 Å². The number of likely N-dealkylation sites (tertiary alicyclic amines) is 1. The number of amides is 3. The molecule has 5 atom stereocenters. The molecule has 3 rings (SSSR count). The van der Waals surface area contributed by atoms with Gasteiger partial charge in [0.05, 0.1) is 24.3 Å². The van der Waals surface area contributed by atoms with Crippen molar-refractivity contribution in [3.63, 3.8) is 0 Å². The van der Waals surface area contributed by atoms with Crippen LogP contribution < -0.4 is 5.32 Å². The normalized spacial score (nSPS) is 22.2. The molecule has 1 aromatic carbocycles. The summed E-state index contributed by atoms with van der Waals surface area (Å²) in [7, 11) is 2.47. The Kier molecular flexibility index (Phi) is 12.3. The zero-order valence-electron chi connectivity index (χ0n) is 28.3. The Labute approximate surface area is 281 Å². The highest BCUT2D eigenvalue weighted by Crippen LogP contribution is 2.40. The minimum Gasteiger partial charge on any atom is -0.467 e. The van der Waals surface area contributed by atoms with E-state index in [9.17, 15) is 45.1 Å². The van der Waals surface area contributed by atoms with E-state index < -0.39 is 77.0 Å². The van der Waals surface area contributed by atoms with E-state index in [4.69, 9.17) is 9.47 Å². The van der Waals surface area contributed by atoms with Gasteiger partial charge in [-0.1, -0.05) is 24.6 Å². The predicted molar refractivity (Wildman–Crippen MR) is 167 cm³/mol. The summed E-state index contributed by atoms with van der Waals surface area (Å²) in [6.45, 7) is 8.20. The van der Waals surface area contributed by atoms with Crippen LogP contribution in [0.25, 0.3) is 0 Å². The Morgan fingerprint density at radius 2 is 1.65 bits per heavy atom. The number of urea groups is 1. The molecule has 1 aromatic rings. The SMILES string of the molecule is COC(=O)[C@@H](C/C=C1\CCN(C(=O)N(C)[C@H](C)c2cc(C(F)(F)F)cc(C(F)(F)F)c2)[C@@H](C2C=CC(F)=CC2C)C1)NC(=O)OC(C)(C)C. The lowest BCUT2D eigenvalue weighted by Gasteiger charge is -2.45. The average Bonchev–Trinajstić information content (AvgIpc) is 2.99. The van der Waals surface area contributed by atoms with Gasteiger partial charge in [0.1, 0.15) is 17.5 Å². The van der Waals surface area contributed by atoms with Crippen molar-refractivity contribution in [2.45, 2.75) is 90.0 Å². The van der Waals surface area contributed by atoms with Crippen LogP contribution in [0.2, 0.25) is 0 Å². The Morgan fingerprint density at radius 1 is 1.06 bits per heavy atom. The number of carbonyl (C=O) groups excluding carboxylic acids is 3. The summed E-state index contributed by atoms with van der Waals surface area (Å²) in [5, 5.41) is 2.49. The quantitative estimate of drug-likeness (QED) is 0.175. The van der Waals surface area contributed by atoms with E-state index in [1.54, 1.807) is 39.8 Å². The number of alkyl halides is 6. The maximum atomic E-state index is 14.1. The molecule has 8 nitrogen and oxygen atoms in total. The van der Waals surface area contributed by atoms with Gasteiger partial charge in [-0.2, -0.15) is 26.3 Å². The number of allylic oxidation sites excluding steroid dienone is 3. The number of esters is 1. The van der Waals surface area contributed by atoms with E-state index in [-0.39, 0.29) is 36.9 Å². The third kappa shape index (κ3) is 10.5. The third-order valence-corrected chi connectivity index (χ3v) is 8.54. The fourth-order valence-electron chi connectivity index (χ4n) is 5.86. The second-order valence-corrected chi connectivity index (χ2v) is 13.3. The summed E-state index contributed by atoms with van der Waals surface area (Å²) in [4.78, 5) is 41.4. The van der Waals surface area contributed by atoms with E-state index in [0.717, 1.165) is 10.5 Å². The molecule has 0 saturated carbocycles. The van der Waals surface area contributed by atoms with Gasteiger partial charge in [0.15, 0.2) is 0 Å². The first-order valence-corrected chi connectivity index (χ1v) is 15.7. The first-order chi connectivity index (χ1) is 22.5. The van der Waals surface area contributed by atoms with Crippen molar-refractivity contribution < 1.29 is 54.6 Å². The van der Waals surface area contributed by atoms with Gasteiger partial charge in [-0.05, 0) is 88.8 Å². The van der Waals surface area contributed by atoms with Crippen LogP contribution >= 0.6 is 0 Å². The van der Waals surface area contributed by atoms with Crippen molar-refractivity contribution in [1.82, 2.24) is 15.1 Å². The van der Waals surface area contributed by atoms with Crippen molar-refractivity contribution in [2.75, 3.05) is 20.7 Å². The summed E-state index contributed by atoms with van der Waals surface area (Å²) in [6.07, 6.45) is -4.30.